The van der Waals surface area contributed by atoms with E-state index < -0.39 is 0 Å². The molecule has 0 N–H and O–H groups in total. The highest BCUT2D eigenvalue weighted by Crippen LogP contribution is 2.30. The van der Waals surface area contributed by atoms with Crippen LogP contribution in [0.5, 0.6) is 5.75 Å². The number of hydrogen-bond acceptors (Lipinski definition) is 2. The quantitative estimate of drug-likeness (QED) is 0.796. The van der Waals surface area contributed by atoms with E-state index in [1.54, 1.807) is 12.1 Å². The van der Waals surface area contributed by atoms with Crippen LogP contribution < -0.4 is 4.74 Å². The van der Waals surface area contributed by atoms with Gasteiger partial charge in [0.15, 0.2) is 0 Å². The Kier molecular flexibility index (Phi) is 3.12. The van der Waals surface area contributed by atoms with Crippen molar-refractivity contribution in [1.82, 2.24) is 0 Å². The van der Waals surface area contributed by atoms with E-state index in [-0.39, 0.29) is 0 Å². The van der Waals surface area contributed by atoms with Crippen LogP contribution in [0.1, 0.15) is 5.56 Å². The molecule has 0 unspecified atom stereocenters. The van der Waals surface area contributed by atoms with Gasteiger partial charge >= 0.3 is 0 Å². The zero-order valence-corrected chi connectivity index (χ0v) is 9.44. The summed E-state index contributed by atoms with van der Waals surface area (Å²) < 4.78 is 6.63. The molecule has 2 nitrogen and oxygen atoms in total. The molecule has 1 rings (SSSR count). The average Bonchev–Trinajstić information content (AvgIpc) is 2.03. The Morgan fingerprint density at radius 1 is 1.42 bits per heavy atom. The first kappa shape index (κ1) is 9.56. The Labute approximate surface area is 87.4 Å². The van der Waals surface area contributed by atoms with Gasteiger partial charge in [-0.2, -0.15) is 5.26 Å². The van der Waals surface area contributed by atoms with Gasteiger partial charge in [-0.1, -0.05) is 15.9 Å². The Hall–Kier alpha value is -0.530. The van der Waals surface area contributed by atoms with Crippen LogP contribution in [0.3, 0.4) is 0 Å². The smallest absolute Gasteiger partial charge is 0.138 e. The van der Waals surface area contributed by atoms with Gasteiger partial charge in [0.1, 0.15) is 17.4 Å². The van der Waals surface area contributed by atoms with Gasteiger partial charge in [0.25, 0.3) is 0 Å². The fourth-order valence-corrected chi connectivity index (χ4v) is 2.09. The molecule has 0 aliphatic rings. The van der Waals surface area contributed by atoms with Gasteiger partial charge in [-0.05, 0) is 28.1 Å². The molecule has 0 fully saturated rings. The van der Waals surface area contributed by atoms with Crippen molar-refractivity contribution < 1.29 is 4.74 Å². The van der Waals surface area contributed by atoms with Gasteiger partial charge in [-0.3, -0.25) is 0 Å². The summed E-state index contributed by atoms with van der Waals surface area (Å²) >= 11 is 6.56. The van der Waals surface area contributed by atoms with Crippen LogP contribution in [-0.4, -0.2) is 7.11 Å². The number of nitriles is 1. The van der Waals surface area contributed by atoms with Crippen molar-refractivity contribution in [2.45, 2.75) is 0 Å². The maximum absolute atomic E-state index is 8.75. The highest BCUT2D eigenvalue weighted by atomic mass is 79.9. The van der Waals surface area contributed by atoms with Gasteiger partial charge in [0.05, 0.1) is 7.11 Å². The predicted molar refractivity (Wildman–Crippen MR) is 53.1 cm³/mol. The van der Waals surface area contributed by atoms with Crippen molar-refractivity contribution in [3.63, 3.8) is 0 Å². The van der Waals surface area contributed by atoms with Crippen molar-refractivity contribution in [3.8, 4) is 11.8 Å². The average molecular weight is 291 g/mol. The van der Waals surface area contributed by atoms with Crippen molar-refractivity contribution in [3.05, 3.63) is 26.6 Å². The summed E-state index contributed by atoms with van der Waals surface area (Å²) in [5.41, 5.74) is 0.515. The second-order valence-electron chi connectivity index (χ2n) is 2.08. The number of methoxy groups -OCH3 is 1. The normalized spacial score (nSPS) is 9.17. The highest BCUT2D eigenvalue weighted by Gasteiger charge is 2.07. The van der Waals surface area contributed by atoms with Crippen LogP contribution in [0.2, 0.25) is 0 Å². The lowest BCUT2D eigenvalue weighted by molar-refractivity contribution is 0.413. The van der Waals surface area contributed by atoms with Crippen LogP contribution in [0.4, 0.5) is 0 Å². The summed E-state index contributed by atoms with van der Waals surface area (Å²) in [4.78, 5) is 0. The van der Waals surface area contributed by atoms with Crippen molar-refractivity contribution >= 4 is 31.9 Å². The second-order valence-corrected chi connectivity index (χ2v) is 3.85. The first-order chi connectivity index (χ1) is 5.69. The van der Waals surface area contributed by atoms with Crippen LogP contribution in [0, 0.1) is 11.3 Å². The maximum Gasteiger partial charge on any atom is 0.138 e. The first-order valence-corrected chi connectivity index (χ1v) is 4.70. The standard InChI is InChI=1S/C8H5Br2NO/c1-12-8-3-5(9)2-7(10)6(8)4-11/h2-3H,1H3. The number of benzene rings is 1. The Morgan fingerprint density at radius 3 is 2.58 bits per heavy atom. The fourth-order valence-electron chi connectivity index (χ4n) is 0.819. The molecule has 0 saturated carbocycles. The summed E-state index contributed by atoms with van der Waals surface area (Å²) in [6, 6.07) is 5.61. The van der Waals surface area contributed by atoms with E-state index in [1.165, 1.54) is 7.11 Å². The molecular formula is C8H5Br2NO. The molecule has 0 radical (unpaired) electrons. The summed E-state index contributed by atoms with van der Waals surface area (Å²) in [6.07, 6.45) is 0. The molecule has 0 atom stereocenters. The predicted octanol–water partition coefficient (Wildman–Crippen LogP) is 3.09. The lowest BCUT2D eigenvalue weighted by atomic mass is 10.2. The molecule has 12 heavy (non-hydrogen) atoms. The third kappa shape index (κ3) is 1.79. The van der Waals surface area contributed by atoms with E-state index in [0.717, 1.165) is 8.95 Å². The molecule has 0 bridgehead atoms. The largest absolute Gasteiger partial charge is 0.495 e. The van der Waals surface area contributed by atoms with Gasteiger partial charge in [-0.15, -0.1) is 0 Å². The summed E-state index contributed by atoms with van der Waals surface area (Å²) in [5, 5.41) is 8.75. The zero-order chi connectivity index (χ0) is 9.14. The molecule has 4 heteroatoms. The van der Waals surface area contributed by atoms with E-state index in [1.807, 2.05) is 6.07 Å². The number of halogens is 2. The summed E-state index contributed by atoms with van der Waals surface area (Å²) in [7, 11) is 1.54. The van der Waals surface area contributed by atoms with Crippen molar-refractivity contribution in [1.29, 1.82) is 5.26 Å². The van der Waals surface area contributed by atoms with Gasteiger partial charge in [0, 0.05) is 8.95 Å². The number of rotatable bonds is 1. The molecule has 1 aromatic carbocycles. The molecule has 0 aliphatic heterocycles. The Bertz CT molecular complexity index is 344. The molecular weight excluding hydrogens is 286 g/mol. The maximum atomic E-state index is 8.75. The van der Waals surface area contributed by atoms with E-state index in [4.69, 9.17) is 10.00 Å². The van der Waals surface area contributed by atoms with Crippen LogP contribution in [0.15, 0.2) is 21.1 Å². The number of hydrogen-bond donors (Lipinski definition) is 0. The molecule has 0 heterocycles. The number of ether oxygens (including phenoxy) is 1. The summed E-state index contributed by atoms with van der Waals surface area (Å²) in [5.74, 6) is 0.568. The van der Waals surface area contributed by atoms with Gasteiger partial charge in [-0.25, -0.2) is 0 Å². The first-order valence-electron chi connectivity index (χ1n) is 3.12. The molecule has 62 valence electrons. The Balaban J connectivity index is 3.36. The van der Waals surface area contributed by atoms with Crippen molar-refractivity contribution in [2.24, 2.45) is 0 Å². The minimum Gasteiger partial charge on any atom is -0.495 e. The monoisotopic (exact) mass is 289 g/mol. The van der Waals surface area contributed by atoms with Gasteiger partial charge in [0.2, 0.25) is 0 Å². The minimum atomic E-state index is 0.515. The zero-order valence-electron chi connectivity index (χ0n) is 6.27. The van der Waals surface area contributed by atoms with Crippen molar-refractivity contribution in [2.75, 3.05) is 7.11 Å². The number of nitrogens with zero attached hydrogens (tertiary/aromatic N) is 1. The molecule has 0 spiro atoms. The highest BCUT2D eigenvalue weighted by molar-refractivity contribution is 9.11. The van der Waals surface area contributed by atoms with Crippen LogP contribution >= 0.6 is 31.9 Å². The third-order valence-corrected chi connectivity index (χ3v) is 2.43. The molecule has 0 aromatic heterocycles. The fraction of sp³-hybridized carbons (Fsp3) is 0.125. The van der Waals surface area contributed by atoms with Crippen LogP contribution in [0.25, 0.3) is 0 Å². The minimum absolute atomic E-state index is 0.515. The SMILES string of the molecule is COc1cc(Br)cc(Br)c1C#N. The van der Waals surface area contributed by atoms with E-state index >= 15 is 0 Å². The topological polar surface area (TPSA) is 33.0 Å². The van der Waals surface area contributed by atoms with E-state index in [0.29, 0.717) is 11.3 Å². The second kappa shape index (κ2) is 3.92. The van der Waals surface area contributed by atoms with Crippen LogP contribution in [-0.2, 0) is 0 Å². The molecule has 0 amide bonds. The lowest BCUT2D eigenvalue weighted by Gasteiger charge is -2.04. The molecule has 0 saturated heterocycles. The van der Waals surface area contributed by atoms with E-state index in [2.05, 4.69) is 31.9 Å². The lowest BCUT2D eigenvalue weighted by Crippen LogP contribution is -1.88. The van der Waals surface area contributed by atoms with Gasteiger partial charge < -0.3 is 4.74 Å². The van der Waals surface area contributed by atoms with E-state index in [9.17, 15) is 0 Å². The molecule has 0 aliphatic carbocycles. The molecule has 1 aromatic rings. The third-order valence-electron chi connectivity index (χ3n) is 1.35. The Morgan fingerprint density at radius 2 is 2.08 bits per heavy atom. The summed E-state index contributed by atoms with van der Waals surface area (Å²) in [6.45, 7) is 0.